The highest BCUT2D eigenvalue weighted by Gasteiger charge is 2.36. The Bertz CT molecular complexity index is 1100. The van der Waals surface area contributed by atoms with Crippen molar-refractivity contribution in [1.29, 1.82) is 0 Å². The first-order valence-electron chi connectivity index (χ1n) is 10.8. The van der Waals surface area contributed by atoms with Crippen LogP contribution in [-0.4, -0.2) is 41.7 Å². The molecule has 3 rings (SSSR count). The molecule has 0 atom stereocenters. The van der Waals surface area contributed by atoms with Gasteiger partial charge in [-0.25, -0.2) is 0 Å². The molecule has 2 aromatic rings. The number of hydrogen-bond acceptors (Lipinski definition) is 6. The van der Waals surface area contributed by atoms with E-state index in [0.29, 0.717) is 36.0 Å². The molecule has 7 nitrogen and oxygen atoms in total. The first kappa shape index (κ1) is 24.4. The van der Waals surface area contributed by atoms with Gasteiger partial charge >= 0.3 is 0 Å². The van der Waals surface area contributed by atoms with E-state index < -0.39 is 17.1 Å². The highest BCUT2D eigenvalue weighted by molar-refractivity contribution is 8.18. The van der Waals surface area contributed by atoms with Gasteiger partial charge in [-0.15, -0.1) is 0 Å². The monoisotopic (exact) mass is 468 g/mol. The first-order chi connectivity index (χ1) is 15.7. The van der Waals surface area contributed by atoms with Gasteiger partial charge in [-0.1, -0.05) is 23.8 Å². The highest BCUT2D eigenvalue weighted by atomic mass is 32.2. The number of anilines is 1. The van der Waals surface area contributed by atoms with Crippen LogP contribution in [0.2, 0.25) is 0 Å². The van der Waals surface area contributed by atoms with Crippen LogP contribution in [0, 0.1) is 20.8 Å². The average Bonchev–Trinajstić information content (AvgIpc) is 3.00. The number of nitrogens with zero attached hydrogens (tertiary/aromatic N) is 1. The number of amides is 3. The smallest absolute Gasteiger partial charge is 0.294 e. The fraction of sp³-hybridized carbons (Fsp3) is 0.320. The third-order valence-electron chi connectivity index (χ3n) is 4.98. The number of carbonyl (C=O) groups excluding carboxylic acids is 3. The lowest BCUT2D eigenvalue weighted by Crippen LogP contribution is -2.36. The third-order valence-corrected chi connectivity index (χ3v) is 5.89. The summed E-state index contributed by atoms with van der Waals surface area (Å²) in [5.74, 6) is 0.260. The summed E-state index contributed by atoms with van der Waals surface area (Å²) in [5.41, 5.74) is 4.35. The van der Waals surface area contributed by atoms with E-state index in [9.17, 15) is 14.4 Å². The number of imide groups is 1. The van der Waals surface area contributed by atoms with E-state index in [-0.39, 0.29) is 11.4 Å². The van der Waals surface area contributed by atoms with Crippen molar-refractivity contribution in [3.8, 4) is 11.5 Å². The number of aryl methyl sites for hydroxylation is 3. The van der Waals surface area contributed by atoms with E-state index in [2.05, 4.69) is 5.32 Å². The Morgan fingerprint density at radius 3 is 2.27 bits per heavy atom. The molecule has 2 aromatic carbocycles. The standard InChI is InChI=1S/C25H28N2O5S/c1-6-31-19-9-8-18(12-20(19)32-7-2)13-21-24(29)27(25(30)33-21)14-22(28)26-23-16(4)10-15(3)11-17(23)5/h8-13H,6-7,14H2,1-5H3,(H,26,28)/b21-13+. The Balaban J connectivity index is 1.75. The minimum absolute atomic E-state index is 0.252. The molecule has 8 heteroatoms. The van der Waals surface area contributed by atoms with Crippen molar-refractivity contribution in [2.45, 2.75) is 34.6 Å². The van der Waals surface area contributed by atoms with E-state index in [0.717, 1.165) is 33.4 Å². The van der Waals surface area contributed by atoms with Crippen molar-refractivity contribution in [3.05, 3.63) is 57.5 Å². The number of thioether (sulfide) groups is 1. The lowest BCUT2D eigenvalue weighted by Gasteiger charge is -2.16. The van der Waals surface area contributed by atoms with Gasteiger partial charge in [-0.05, 0) is 81.3 Å². The normalized spacial score (nSPS) is 14.7. The summed E-state index contributed by atoms with van der Waals surface area (Å²) < 4.78 is 11.2. The molecule has 0 radical (unpaired) electrons. The predicted molar refractivity (Wildman–Crippen MR) is 131 cm³/mol. The van der Waals surface area contributed by atoms with E-state index in [1.165, 1.54) is 0 Å². The Hall–Kier alpha value is -3.26. The molecule has 33 heavy (non-hydrogen) atoms. The molecule has 0 saturated carbocycles. The molecule has 0 aliphatic carbocycles. The van der Waals surface area contributed by atoms with Crippen LogP contribution in [0.3, 0.4) is 0 Å². The molecule has 1 saturated heterocycles. The topological polar surface area (TPSA) is 84.9 Å². The second kappa shape index (κ2) is 10.6. The highest BCUT2D eigenvalue weighted by Crippen LogP contribution is 2.34. The third kappa shape index (κ3) is 5.76. The summed E-state index contributed by atoms with van der Waals surface area (Å²) in [4.78, 5) is 39.1. The Labute approximate surface area is 198 Å². The van der Waals surface area contributed by atoms with Crippen LogP contribution < -0.4 is 14.8 Å². The summed E-state index contributed by atoms with van der Waals surface area (Å²) in [6.07, 6.45) is 1.62. The summed E-state index contributed by atoms with van der Waals surface area (Å²) in [6, 6.07) is 9.26. The molecule has 174 valence electrons. The molecule has 0 bridgehead atoms. The zero-order valence-corrected chi connectivity index (χ0v) is 20.3. The van der Waals surface area contributed by atoms with Crippen LogP contribution >= 0.6 is 11.8 Å². The number of rotatable bonds is 8. The number of ether oxygens (including phenoxy) is 2. The lowest BCUT2D eigenvalue weighted by atomic mass is 10.1. The number of benzene rings is 2. The van der Waals surface area contributed by atoms with Gasteiger partial charge in [0.15, 0.2) is 11.5 Å². The average molecular weight is 469 g/mol. The maximum atomic E-state index is 12.8. The van der Waals surface area contributed by atoms with Crippen LogP contribution in [-0.2, 0) is 9.59 Å². The molecular formula is C25H28N2O5S. The molecule has 1 heterocycles. The van der Waals surface area contributed by atoms with E-state index >= 15 is 0 Å². The van der Waals surface area contributed by atoms with Gasteiger partial charge in [0, 0.05) is 5.69 Å². The quantitative estimate of drug-likeness (QED) is 0.544. The SMILES string of the molecule is CCOc1ccc(/C=C2/SC(=O)N(CC(=O)Nc3c(C)cc(C)cc3C)C2=O)cc1OCC. The van der Waals surface area contributed by atoms with Gasteiger partial charge in [0.05, 0.1) is 18.1 Å². The van der Waals surface area contributed by atoms with Crippen molar-refractivity contribution in [2.75, 3.05) is 25.1 Å². The van der Waals surface area contributed by atoms with Crippen molar-refractivity contribution >= 4 is 40.6 Å². The van der Waals surface area contributed by atoms with Gasteiger partial charge in [0.25, 0.3) is 11.1 Å². The van der Waals surface area contributed by atoms with Crippen LogP contribution in [0.15, 0.2) is 35.2 Å². The van der Waals surface area contributed by atoms with Crippen LogP contribution in [0.5, 0.6) is 11.5 Å². The van der Waals surface area contributed by atoms with Crippen molar-refractivity contribution in [3.63, 3.8) is 0 Å². The molecule has 1 fully saturated rings. The predicted octanol–water partition coefficient (Wildman–Crippen LogP) is 5.08. The maximum Gasteiger partial charge on any atom is 0.294 e. The van der Waals surface area contributed by atoms with Gasteiger partial charge in [-0.2, -0.15) is 0 Å². The van der Waals surface area contributed by atoms with Crippen molar-refractivity contribution in [2.24, 2.45) is 0 Å². The summed E-state index contributed by atoms with van der Waals surface area (Å²) in [7, 11) is 0. The van der Waals surface area contributed by atoms with Gasteiger partial charge in [0.1, 0.15) is 6.54 Å². The number of carbonyl (C=O) groups is 3. The molecule has 1 aliphatic rings. The van der Waals surface area contributed by atoms with Gasteiger partial charge in [-0.3, -0.25) is 19.3 Å². The second-order valence-corrected chi connectivity index (χ2v) is 8.66. The molecule has 3 amide bonds. The minimum Gasteiger partial charge on any atom is -0.490 e. The fourth-order valence-electron chi connectivity index (χ4n) is 3.64. The number of nitrogens with one attached hydrogen (secondary N) is 1. The van der Waals surface area contributed by atoms with Gasteiger partial charge < -0.3 is 14.8 Å². The Morgan fingerprint density at radius 1 is 1.00 bits per heavy atom. The zero-order valence-electron chi connectivity index (χ0n) is 19.5. The summed E-state index contributed by atoms with van der Waals surface area (Å²) >= 11 is 0.813. The van der Waals surface area contributed by atoms with Crippen LogP contribution in [0.4, 0.5) is 10.5 Å². The van der Waals surface area contributed by atoms with Crippen LogP contribution in [0.25, 0.3) is 6.08 Å². The summed E-state index contributed by atoms with van der Waals surface area (Å²) in [5, 5.41) is 2.36. The minimum atomic E-state index is -0.496. The molecule has 0 spiro atoms. The van der Waals surface area contributed by atoms with Crippen molar-refractivity contribution < 1.29 is 23.9 Å². The molecular weight excluding hydrogens is 440 g/mol. The number of hydrogen-bond donors (Lipinski definition) is 1. The molecule has 0 aromatic heterocycles. The Morgan fingerprint density at radius 2 is 1.64 bits per heavy atom. The van der Waals surface area contributed by atoms with E-state index in [4.69, 9.17) is 9.47 Å². The fourth-order valence-corrected chi connectivity index (χ4v) is 4.48. The Kier molecular flexibility index (Phi) is 7.81. The molecule has 0 unspecified atom stereocenters. The molecule has 1 N–H and O–H groups in total. The lowest BCUT2D eigenvalue weighted by molar-refractivity contribution is -0.127. The van der Waals surface area contributed by atoms with E-state index in [1.807, 2.05) is 46.8 Å². The largest absolute Gasteiger partial charge is 0.490 e. The second-order valence-electron chi connectivity index (χ2n) is 7.66. The first-order valence-corrected chi connectivity index (χ1v) is 11.6. The van der Waals surface area contributed by atoms with Crippen molar-refractivity contribution in [1.82, 2.24) is 4.90 Å². The maximum absolute atomic E-state index is 12.8. The van der Waals surface area contributed by atoms with E-state index in [1.54, 1.807) is 24.3 Å². The van der Waals surface area contributed by atoms with Crippen LogP contribution in [0.1, 0.15) is 36.1 Å². The van der Waals surface area contributed by atoms with Gasteiger partial charge in [0.2, 0.25) is 5.91 Å². The summed E-state index contributed by atoms with van der Waals surface area (Å²) in [6.45, 7) is 10.2. The molecule has 1 aliphatic heterocycles. The zero-order chi connectivity index (χ0) is 24.1.